The zero-order valence-corrected chi connectivity index (χ0v) is 14.3. The Bertz CT molecular complexity index is 870. The highest BCUT2D eigenvalue weighted by Crippen LogP contribution is 2.47. The van der Waals surface area contributed by atoms with Gasteiger partial charge in [0.15, 0.2) is 11.5 Å². The van der Waals surface area contributed by atoms with Crippen molar-refractivity contribution in [3.05, 3.63) is 39.1 Å². The van der Waals surface area contributed by atoms with Gasteiger partial charge in [0.1, 0.15) is 0 Å². The van der Waals surface area contributed by atoms with Gasteiger partial charge in [0.2, 0.25) is 0 Å². The van der Waals surface area contributed by atoms with Crippen molar-refractivity contribution < 1.29 is 4.79 Å². The van der Waals surface area contributed by atoms with Gasteiger partial charge in [-0.05, 0) is 49.8 Å². The Balaban J connectivity index is 1.81. The summed E-state index contributed by atoms with van der Waals surface area (Å²) in [5.41, 5.74) is 8.00. The Morgan fingerprint density at radius 3 is 3.00 bits per heavy atom. The Hall–Kier alpha value is -2.39. The molecule has 2 aliphatic carbocycles. The van der Waals surface area contributed by atoms with Crippen LogP contribution >= 0.6 is 11.3 Å². The number of aryl methyl sites for hydroxylation is 1. The summed E-state index contributed by atoms with van der Waals surface area (Å²) >= 11 is 1.73. The van der Waals surface area contributed by atoms with E-state index in [9.17, 15) is 4.79 Å². The number of guanidine groups is 1. The largest absolute Gasteiger partial charge is 0.369 e. The topological polar surface area (TPSA) is 82.5 Å². The second kappa shape index (κ2) is 5.32. The van der Waals surface area contributed by atoms with Gasteiger partial charge in [-0.15, -0.1) is 11.3 Å². The zero-order valence-electron chi connectivity index (χ0n) is 13.5. The molecular formula is C18H18N4OS. The predicted molar refractivity (Wildman–Crippen MR) is 94.2 cm³/mol. The van der Waals surface area contributed by atoms with E-state index in [1.807, 2.05) is 12.2 Å². The molecule has 1 atom stereocenters. The SMILES string of the molecule is CN1C(=O)C2(CCCc3sc(C4=CC(C#N)=CCC4)cc32)N=C1N. The van der Waals surface area contributed by atoms with Crippen LogP contribution in [0.25, 0.3) is 5.57 Å². The molecule has 0 radical (unpaired) electrons. The second-order valence-corrected chi connectivity index (χ2v) is 7.61. The summed E-state index contributed by atoms with van der Waals surface area (Å²) in [4.78, 5) is 21.2. The quantitative estimate of drug-likeness (QED) is 0.854. The number of nitriles is 1. The number of aliphatic imine (C=N–C) groups is 1. The first kappa shape index (κ1) is 15.2. The maximum absolute atomic E-state index is 12.8. The number of carbonyl (C=O) groups excluding carboxylic acids is 1. The standard InChI is InChI=1S/C18H18N4OS/c1-22-16(23)18(21-17(22)20)7-3-6-14-13(18)9-15(24-14)12-5-2-4-11(8-12)10-19/h4,8-9H,2-3,5-7H2,1H3,(H2,20,21). The number of thiophene rings is 1. The lowest BCUT2D eigenvalue weighted by Gasteiger charge is -2.29. The molecule has 1 unspecified atom stereocenters. The van der Waals surface area contributed by atoms with Crippen molar-refractivity contribution in [3.8, 4) is 6.07 Å². The number of hydrogen-bond donors (Lipinski definition) is 1. The van der Waals surface area contributed by atoms with E-state index in [4.69, 9.17) is 11.0 Å². The normalized spacial score (nSPS) is 25.9. The summed E-state index contributed by atoms with van der Waals surface area (Å²) in [7, 11) is 1.69. The van der Waals surface area contributed by atoms with E-state index in [1.165, 1.54) is 15.4 Å². The van der Waals surface area contributed by atoms with Crippen molar-refractivity contribution in [1.82, 2.24) is 4.90 Å². The second-order valence-electron chi connectivity index (χ2n) is 6.48. The van der Waals surface area contributed by atoms with Gasteiger partial charge in [0.05, 0.1) is 6.07 Å². The van der Waals surface area contributed by atoms with Crippen molar-refractivity contribution in [2.24, 2.45) is 10.7 Å². The maximum Gasteiger partial charge on any atom is 0.261 e. The molecule has 0 bridgehead atoms. The highest BCUT2D eigenvalue weighted by atomic mass is 32.1. The van der Waals surface area contributed by atoms with Crippen molar-refractivity contribution in [3.63, 3.8) is 0 Å². The molecule has 0 aromatic carbocycles. The summed E-state index contributed by atoms with van der Waals surface area (Å²) in [6.07, 6.45) is 8.37. The van der Waals surface area contributed by atoms with Gasteiger partial charge in [-0.1, -0.05) is 6.08 Å². The first-order valence-electron chi connectivity index (χ1n) is 8.13. The third-order valence-electron chi connectivity index (χ3n) is 5.06. The van der Waals surface area contributed by atoms with E-state index in [2.05, 4.69) is 17.1 Å². The van der Waals surface area contributed by atoms with Crippen LogP contribution in [0.4, 0.5) is 0 Å². The molecule has 2 heterocycles. The molecule has 6 heteroatoms. The molecule has 1 amide bonds. The molecule has 3 aliphatic rings. The molecular weight excluding hydrogens is 320 g/mol. The van der Waals surface area contributed by atoms with Gasteiger partial charge in [0, 0.05) is 27.9 Å². The van der Waals surface area contributed by atoms with E-state index >= 15 is 0 Å². The highest BCUT2D eigenvalue weighted by Gasteiger charge is 2.50. The van der Waals surface area contributed by atoms with Crippen LogP contribution in [0, 0.1) is 11.3 Å². The molecule has 2 N–H and O–H groups in total. The summed E-state index contributed by atoms with van der Waals surface area (Å²) in [6, 6.07) is 4.33. The van der Waals surface area contributed by atoms with E-state index in [0.717, 1.165) is 41.7 Å². The number of allylic oxidation sites excluding steroid dienone is 4. The number of fused-ring (bicyclic) bond motifs is 2. The number of nitrogens with two attached hydrogens (primary N) is 1. The molecule has 1 aromatic rings. The third kappa shape index (κ3) is 2.05. The molecule has 24 heavy (non-hydrogen) atoms. The van der Waals surface area contributed by atoms with Crippen LogP contribution in [0.15, 0.2) is 28.8 Å². The monoisotopic (exact) mass is 338 g/mol. The van der Waals surface area contributed by atoms with E-state index < -0.39 is 5.54 Å². The fourth-order valence-corrected chi connectivity index (χ4v) is 5.09. The fraction of sp³-hybridized carbons (Fsp3) is 0.389. The number of nitrogens with zero attached hydrogens (tertiary/aromatic N) is 3. The summed E-state index contributed by atoms with van der Waals surface area (Å²) in [6.45, 7) is 0. The Kier molecular flexibility index (Phi) is 3.36. The van der Waals surface area contributed by atoms with Gasteiger partial charge in [0.25, 0.3) is 5.91 Å². The number of hydrogen-bond acceptors (Lipinski definition) is 5. The van der Waals surface area contributed by atoms with E-state index in [0.29, 0.717) is 12.4 Å². The molecule has 1 spiro atoms. The summed E-state index contributed by atoms with van der Waals surface area (Å²) < 4.78 is 0. The average Bonchev–Trinajstić information content (AvgIpc) is 3.13. The zero-order chi connectivity index (χ0) is 16.9. The Morgan fingerprint density at radius 2 is 2.29 bits per heavy atom. The summed E-state index contributed by atoms with van der Waals surface area (Å²) in [5, 5.41) is 9.14. The van der Waals surface area contributed by atoms with Crippen molar-refractivity contribution in [1.29, 1.82) is 5.26 Å². The Labute approximate surface area is 144 Å². The minimum absolute atomic E-state index is 0.0273. The molecule has 0 saturated carbocycles. The maximum atomic E-state index is 12.8. The van der Waals surface area contributed by atoms with Crippen molar-refractivity contribution >= 4 is 28.8 Å². The number of rotatable bonds is 1. The number of likely N-dealkylation sites (N-methyl/N-ethyl adjacent to an activating group) is 1. The van der Waals surface area contributed by atoms with Crippen LogP contribution in [-0.4, -0.2) is 23.8 Å². The number of amides is 1. The molecule has 122 valence electrons. The van der Waals surface area contributed by atoms with Crippen LogP contribution in [0.2, 0.25) is 0 Å². The fourth-order valence-electron chi connectivity index (χ4n) is 3.77. The van der Waals surface area contributed by atoms with Crippen LogP contribution in [0.1, 0.15) is 41.0 Å². The van der Waals surface area contributed by atoms with Gasteiger partial charge in [-0.25, -0.2) is 4.99 Å². The van der Waals surface area contributed by atoms with Crippen molar-refractivity contribution in [2.45, 2.75) is 37.6 Å². The molecule has 1 aliphatic heterocycles. The molecule has 1 aromatic heterocycles. The van der Waals surface area contributed by atoms with E-state index in [-0.39, 0.29) is 5.91 Å². The third-order valence-corrected chi connectivity index (χ3v) is 6.33. The average molecular weight is 338 g/mol. The van der Waals surface area contributed by atoms with Crippen LogP contribution in [0.5, 0.6) is 0 Å². The smallest absolute Gasteiger partial charge is 0.261 e. The molecule has 0 saturated heterocycles. The van der Waals surface area contributed by atoms with Gasteiger partial charge in [-0.2, -0.15) is 5.26 Å². The minimum atomic E-state index is -0.829. The Morgan fingerprint density at radius 1 is 1.46 bits per heavy atom. The first-order valence-corrected chi connectivity index (χ1v) is 8.95. The minimum Gasteiger partial charge on any atom is -0.369 e. The summed E-state index contributed by atoms with van der Waals surface area (Å²) in [5.74, 6) is 0.271. The number of carbonyl (C=O) groups is 1. The lowest BCUT2D eigenvalue weighted by atomic mass is 9.80. The van der Waals surface area contributed by atoms with Crippen LogP contribution < -0.4 is 5.73 Å². The van der Waals surface area contributed by atoms with Gasteiger partial charge < -0.3 is 5.73 Å². The lowest BCUT2D eigenvalue weighted by Crippen LogP contribution is -2.41. The van der Waals surface area contributed by atoms with Gasteiger partial charge >= 0.3 is 0 Å². The van der Waals surface area contributed by atoms with Crippen LogP contribution in [-0.2, 0) is 16.8 Å². The van der Waals surface area contributed by atoms with Crippen LogP contribution in [0.3, 0.4) is 0 Å². The molecule has 5 nitrogen and oxygen atoms in total. The molecule has 4 rings (SSSR count). The highest BCUT2D eigenvalue weighted by molar-refractivity contribution is 7.13. The van der Waals surface area contributed by atoms with Crippen molar-refractivity contribution in [2.75, 3.05) is 7.05 Å². The first-order chi connectivity index (χ1) is 11.5. The van der Waals surface area contributed by atoms with Gasteiger partial charge in [-0.3, -0.25) is 9.69 Å². The predicted octanol–water partition coefficient (Wildman–Crippen LogP) is 2.69. The lowest BCUT2D eigenvalue weighted by molar-refractivity contribution is -0.131. The van der Waals surface area contributed by atoms with E-state index in [1.54, 1.807) is 18.4 Å². The molecule has 0 fully saturated rings.